The zero-order valence-electron chi connectivity index (χ0n) is 18.8. The topological polar surface area (TPSA) is 72.4 Å². The van der Waals surface area contributed by atoms with E-state index >= 15 is 0 Å². The van der Waals surface area contributed by atoms with E-state index in [0.29, 0.717) is 5.75 Å². The van der Waals surface area contributed by atoms with Gasteiger partial charge in [-0.2, -0.15) is 0 Å². The number of aryl methyl sites for hydroxylation is 1. The summed E-state index contributed by atoms with van der Waals surface area (Å²) in [5.41, 5.74) is 2.35. The van der Waals surface area contributed by atoms with Crippen molar-refractivity contribution in [2.75, 3.05) is 7.11 Å². The molecule has 0 aliphatic rings. The zero-order valence-corrected chi connectivity index (χ0v) is 18.8. The van der Waals surface area contributed by atoms with Crippen molar-refractivity contribution < 1.29 is 18.7 Å². The highest BCUT2D eigenvalue weighted by Gasteiger charge is 2.18. The molecule has 0 unspecified atom stereocenters. The number of para-hydroxylation sites is 2. The lowest BCUT2D eigenvalue weighted by atomic mass is 10.1. The van der Waals surface area contributed by atoms with Gasteiger partial charge in [0.25, 0.3) is 11.8 Å². The van der Waals surface area contributed by atoms with Gasteiger partial charge in [0.15, 0.2) is 0 Å². The Balaban J connectivity index is 1.67. The summed E-state index contributed by atoms with van der Waals surface area (Å²) >= 11 is 0. The van der Waals surface area contributed by atoms with E-state index < -0.39 is 17.6 Å². The van der Waals surface area contributed by atoms with Crippen LogP contribution in [-0.2, 0) is 18.4 Å². The average Bonchev–Trinajstić information content (AvgIpc) is 3.17. The van der Waals surface area contributed by atoms with Crippen LogP contribution in [0.2, 0.25) is 0 Å². The van der Waals surface area contributed by atoms with Gasteiger partial charge < -0.3 is 19.9 Å². The molecule has 0 spiro atoms. The Kier molecular flexibility index (Phi) is 6.73. The Morgan fingerprint density at radius 2 is 1.71 bits per heavy atom. The number of carbonyl (C=O) groups excluding carboxylic acids is 2. The number of benzene rings is 3. The number of amides is 2. The lowest BCUT2D eigenvalue weighted by Crippen LogP contribution is -2.35. The van der Waals surface area contributed by atoms with Gasteiger partial charge in [0.1, 0.15) is 17.3 Å². The van der Waals surface area contributed by atoms with Crippen LogP contribution >= 0.6 is 0 Å². The number of aromatic nitrogens is 1. The number of carbonyl (C=O) groups is 2. The molecule has 1 aromatic heterocycles. The van der Waals surface area contributed by atoms with Gasteiger partial charge in [-0.25, -0.2) is 4.39 Å². The SMILES string of the molecule is COc1ccccc1CNC(=O)C(=Cc1cn(C)c2ccccc12)NC(=O)c1ccccc1F. The Bertz CT molecular complexity index is 1390. The van der Waals surface area contributed by atoms with E-state index in [4.69, 9.17) is 4.74 Å². The number of hydrogen-bond donors (Lipinski definition) is 2. The van der Waals surface area contributed by atoms with Gasteiger partial charge >= 0.3 is 0 Å². The lowest BCUT2D eigenvalue weighted by Gasteiger charge is -2.13. The van der Waals surface area contributed by atoms with Crippen molar-refractivity contribution in [3.05, 3.63) is 107 Å². The first-order valence-corrected chi connectivity index (χ1v) is 10.7. The Morgan fingerprint density at radius 1 is 1.00 bits per heavy atom. The summed E-state index contributed by atoms with van der Waals surface area (Å²) in [5.74, 6) is -1.25. The van der Waals surface area contributed by atoms with Crippen LogP contribution in [0.1, 0.15) is 21.5 Å². The van der Waals surface area contributed by atoms with E-state index in [-0.39, 0.29) is 17.8 Å². The summed E-state index contributed by atoms with van der Waals surface area (Å²) < 4.78 is 21.5. The molecule has 34 heavy (non-hydrogen) atoms. The molecule has 0 aliphatic carbocycles. The zero-order chi connectivity index (χ0) is 24.1. The third-order valence-electron chi connectivity index (χ3n) is 5.47. The maximum Gasteiger partial charge on any atom is 0.268 e. The fourth-order valence-corrected chi connectivity index (χ4v) is 3.76. The highest BCUT2D eigenvalue weighted by Crippen LogP contribution is 2.23. The number of hydrogen-bond acceptors (Lipinski definition) is 3. The quantitative estimate of drug-likeness (QED) is 0.404. The molecule has 2 N–H and O–H groups in total. The molecule has 0 fully saturated rings. The Labute approximate surface area is 196 Å². The van der Waals surface area contributed by atoms with Crippen molar-refractivity contribution >= 4 is 28.8 Å². The number of nitrogens with one attached hydrogen (secondary N) is 2. The van der Waals surface area contributed by atoms with Crippen LogP contribution in [0.4, 0.5) is 4.39 Å². The fraction of sp³-hybridized carbons (Fsp3) is 0.111. The Morgan fingerprint density at radius 3 is 2.50 bits per heavy atom. The second-order valence-electron chi connectivity index (χ2n) is 7.70. The normalized spacial score (nSPS) is 11.3. The van der Waals surface area contributed by atoms with E-state index in [0.717, 1.165) is 22.0 Å². The highest BCUT2D eigenvalue weighted by atomic mass is 19.1. The summed E-state index contributed by atoms with van der Waals surface area (Å²) in [6.45, 7) is 0.186. The molecule has 0 atom stereocenters. The van der Waals surface area contributed by atoms with Crippen LogP contribution < -0.4 is 15.4 Å². The van der Waals surface area contributed by atoms with E-state index in [1.54, 1.807) is 25.3 Å². The standard InChI is InChI=1S/C27H24FN3O3/c1-31-17-19(20-10-5-7-13-24(20)31)15-23(30-26(32)21-11-4-6-12-22(21)28)27(33)29-16-18-9-3-8-14-25(18)34-2/h3-15,17H,16H2,1-2H3,(H,29,33)(H,30,32). The molecule has 6 nitrogen and oxygen atoms in total. The summed E-state index contributed by atoms with van der Waals surface area (Å²) in [6, 6.07) is 20.7. The van der Waals surface area contributed by atoms with Crippen molar-refractivity contribution in [2.24, 2.45) is 7.05 Å². The molecule has 0 saturated heterocycles. The number of methoxy groups -OCH3 is 1. The lowest BCUT2D eigenvalue weighted by molar-refractivity contribution is -0.117. The first-order valence-electron chi connectivity index (χ1n) is 10.7. The van der Waals surface area contributed by atoms with Crippen molar-refractivity contribution in [3.63, 3.8) is 0 Å². The third-order valence-corrected chi connectivity index (χ3v) is 5.47. The van der Waals surface area contributed by atoms with Crippen LogP contribution in [0.25, 0.3) is 17.0 Å². The van der Waals surface area contributed by atoms with E-state index in [1.165, 1.54) is 18.2 Å². The molecule has 0 saturated carbocycles. The van der Waals surface area contributed by atoms with Gasteiger partial charge in [-0.3, -0.25) is 9.59 Å². The summed E-state index contributed by atoms with van der Waals surface area (Å²) in [6.07, 6.45) is 3.46. The smallest absolute Gasteiger partial charge is 0.268 e. The Hall–Kier alpha value is -4.39. The molecular weight excluding hydrogens is 433 g/mol. The maximum atomic E-state index is 14.2. The summed E-state index contributed by atoms with van der Waals surface area (Å²) in [7, 11) is 3.46. The molecule has 172 valence electrons. The third kappa shape index (κ3) is 4.83. The molecule has 0 bridgehead atoms. The minimum atomic E-state index is -0.711. The number of halogens is 1. The summed E-state index contributed by atoms with van der Waals surface area (Å²) in [5, 5.41) is 6.33. The van der Waals surface area contributed by atoms with Gasteiger partial charge in [-0.05, 0) is 30.3 Å². The average molecular weight is 458 g/mol. The van der Waals surface area contributed by atoms with Crippen LogP contribution in [-0.4, -0.2) is 23.5 Å². The van der Waals surface area contributed by atoms with Crippen molar-refractivity contribution in [2.45, 2.75) is 6.54 Å². The maximum absolute atomic E-state index is 14.2. The predicted octanol–water partition coefficient (Wildman–Crippen LogP) is 4.41. The van der Waals surface area contributed by atoms with Gasteiger partial charge in [0, 0.05) is 41.8 Å². The van der Waals surface area contributed by atoms with Gasteiger partial charge in [-0.15, -0.1) is 0 Å². The van der Waals surface area contributed by atoms with Crippen molar-refractivity contribution in [1.82, 2.24) is 15.2 Å². The van der Waals surface area contributed by atoms with Crippen molar-refractivity contribution in [3.8, 4) is 5.75 Å². The molecule has 0 radical (unpaired) electrons. The number of rotatable bonds is 7. The van der Waals surface area contributed by atoms with Crippen molar-refractivity contribution in [1.29, 1.82) is 0 Å². The molecule has 1 heterocycles. The largest absolute Gasteiger partial charge is 0.496 e. The van der Waals surface area contributed by atoms with Crippen LogP contribution in [0.15, 0.2) is 84.7 Å². The van der Waals surface area contributed by atoms with Crippen LogP contribution in [0.3, 0.4) is 0 Å². The molecule has 0 aliphatic heterocycles. The molecule has 2 amide bonds. The number of ether oxygens (including phenoxy) is 1. The fourth-order valence-electron chi connectivity index (χ4n) is 3.76. The minimum Gasteiger partial charge on any atom is -0.496 e. The van der Waals surface area contributed by atoms with E-state index in [9.17, 15) is 14.0 Å². The number of fused-ring (bicyclic) bond motifs is 1. The first-order chi connectivity index (χ1) is 16.5. The van der Waals surface area contributed by atoms with Crippen LogP contribution in [0.5, 0.6) is 5.75 Å². The van der Waals surface area contributed by atoms with E-state index in [2.05, 4.69) is 10.6 Å². The molecular formula is C27H24FN3O3. The second-order valence-corrected chi connectivity index (χ2v) is 7.70. The first kappa shape index (κ1) is 22.8. The van der Waals surface area contributed by atoms with E-state index in [1.807, 2.05) is 60.3 Å². The minimum absolute atomic E-state index is 0.000459. The molecule has 4 rings (SSSR count). The predicted molar refractivity (Wildman–Crippen MR) is 130 cm³/mol. The highest BCUT2D eigenvalue weighted by molar-refractivity contribution is 6.06. The van der Waals surface area contributed by atoms with Gasteiger partial charge in [0.2, 0.25) is 0 Å². The van der Waals surface area contributed by atoms with Gasteiger partial charge in [0.05, 0.1) is 12.7 Å². The summed E-state index contributed by atoms with van der Waals surface area (Å²) in [4.78, 5) is 26.0. The monoisotopic (exact) mass is 457 g/mol. The molecule has 4 aromatic rings. The molecule has 7 heteroatoms. The van der Waals surface area contributed by atoms with Crippen LogP contribution in [0, 0.1) is 5.82 Å². The molecule has 3 aromatic carbocycles. The second kappa shape index (κ2) is 10.0. The number of nitrogens with zero attached hydrogens (tertiary/aromatic N) is 1. The van der Waals surface area contributed by atoms with Gasteiger partial charge in [-0.1, -0.05) is 48.5 Å².